The maximum atomic E-state index is 13.3. The highest BCUT2D eigenvalue weighted by Gasteiger charge is 2.64. The van der Waals surface area contributed by atoms with Gasteiger partial charge in [0, 0.05) is 19.3 Å². The van der Waals surface area contributed by atoms with Gasteiger partial charge >= 0.3 is 11.9 Å². The summed E-state index contributed by atoms with van der Waals surface area (Å²) in [7, 11) is 0. The Morgan fingerprint density at radius 2 is 1.68 bits per heavy atom. The molecule has 4 N–H and O–H groups in total. The van der Waals surface area contributed by atoms with Gasteiger partial charge in [0.05, 0.1) is 28.8 Å². The largest absolute Gasteiger partial charge is 0.462 e. The van der Waals surface area contributed by atoms with Crippen LogP contribution in [0.1, 0.15) is 57.8 Å². The molecule has 37 heavy (non-hydrogen) atoms. The maximum Gasteiger partial charge on any atom is 0.338 e. The quantitative estimate of drug-likeness (QED) is 0.356. The number of aliphatic hydroxyl groups is 4. The lowest BCUT2D eigenvalue weighted by molar-refractivity contribution is -0.182. The third-order valence-corrected chi connectivity index (χ3v) is 8.91. The van der Waals surface area contributed by atoms with Gasteiger partial charge in [0.25, 0.3) is 0 Å². The van der Waals surface area contributed by atoms with Crippen LogP contribution < -0.4 is 0 Å². The van der Waals surface area contributed by atoms with Gasteiger partial charge in [-0.05, 0) is 67.9 Å². The van der Waals surface area contributed by atoms with Crippen molar-refractivity contribution in [2.24, 2.45) is 23.2 Å². The highest BCUT2D eigenvalue weighted by molar-refractivity contribution is 5.89. The molecule has 0 aliphatic heterocycles. The number of hydrogen-bond donors (Lipinski definition) is 4. The van der Waals surface area contributed by atoms with E-state index < -0.39 is 71.2 Å². The molecule has 3 aliphatic rings. The van der Waals surface area contributed by atoms with E-state index in [4.69, 9.17) is 9.47 Å². The summed E-state index contributed by atoms with van der Waals surface area (Å²) in [5.74, 6) is -2.91. The Hall–Kier alpha value is -2.52. The predicted molar refractivity (Wildman–Crippen MR) is 135 cm³/mol. The molecule has 0 saturated heterocycles. The van der Waals surface area contributed by atoms with Crippen molar-refractivity contribution in [2.75, 3.05) is 0 Å². The van der Waals surface area contributed by atoms with E-state index in [-0.39, 0.29) is 6.42 Å². The molecular weight excluding hydrogens is 476 g/mol. The molecule has 1 aromatic rings. The molecule has 0 aromatic heterocycles. The number of esters is 2. The minimum atomic E-state index is -1.35. The van der Waals surface area contributed by atoms with E-state index in [1.807, 2.05) is 0 Å². The van der Waals surface area contributed by atoms with Gasteiger partial charge in [-0.15, -0.1) is 0 Å². The monoisotopic (exact) mass is 514 g/mol. The standard InChI is InChI=1S/C29H38O8/c1-14-19-12-18-22(15(2)24(32)23(18)28(4,5)35)25(33)26(37-27(34)17-10-8-7-9-11-17)29(19,6)21(13-20(14)31)36-16(3)30/h7-11,18-21,23-26,31-33,35H,1,12-13H2,2-6H3/t18?,19-,20+,21+,23-,24-,25-,26+,29+/m1/s1. The number of carbonyl (C=O) groups excluding carboxylic acids is 2. The highest BCUT2D eigenvalue weighted by Crippen LogP contribution is 2.59. The number of ether oxygens (including phenoxy) is 2. The van der Waals surface area contributed by atoms with E-state index in [1.165, 1.54) is 6.92 Å². The number of rotatable bonds is 4. The Labute approximate surface area is 217 Å². The second kappa shape index (κ2) is 9.66. The first-order valence-corrected chi connectivity index (χ1v) is 12.8. The molecule has 0 amide bonds. The third kappa shape index (κ3) is 4.54. The summed E-state index contributed by atoms with van der Waals surface area (Å²) in [6.07, 6.45) is -5.09. The molecule has 0 radical (unpaired) electrons. The minimum Gasteiger partial charge on any atom is -0.462 e. The number of fused-ring (bicyclic) bond motifs is 2. The summed E-state index contributed by atoms with van der Waals surface area (Å²) in [6, 6.07) is 8.39. The first-order chi connectivity index (χ1) is 17.2. The molecule has 0 spiro atoms. The fourth-order valence-corrected chi connectivity index (χ4v) is 7.08. The van der Waals surface area contributed by atoms with Crippen molar-refractivity contribution in [3.8, 4) is 0 Å². The fourth-order valence-electron chi connectivity index (χ4n) is 7.08. The minimum absolute atomic E-state index is 0.0394. The number of carbonyl (C=O) groups is 2. The lowest BCUT2D eigenvalue weighted by atomic mass is 9.58. The van der Waals surface area contributed by atoms with Crippen molar-refractivity contribution < 1.29 is 39.5 Å². The van der Waals surface area contributed by atoms with Crippen LogP contribution in [0.15, 0.2) is 53.6 Å². The van der Waals surface area contributed by atoms with E-state index in [2.05, 4.69) is 6.58 Å². The number of aliphatic hydroxyl groups excluding tert-OH is 3. The molecular formula is C29H38O8. The molecule has 1 unspecified atom stereocenters. The molecule has 1 aromatic carbocycles. The SMILES string of the molecule is C=C1[C@H]2CC3C(=C(C)[C@@H](O)[C@@H]3C(C)(C)O)[C@@H](O)[C@H](OC(=O)c3ccccc3)[C@]2(C)[C@@H](OC(C)=O)C[C@@H]1O. The number of benzene rings is 1. The van der Waals surface area contributed by atoms with Crippen LogP contribution in [0.3, 0.4) is 0 Å². The van der Waals surface area contributed by atoms with Crippen molar-refractivity contribution in [1.29, 1.82) is 0 Å². The van der Waals surface area contributed by atoms with Crippen LogP contribution in [-0.4, -0.2) is 68.5 Å². The summed E-state index contributed by atoms with van der Waals surface area (Å²) >= 11 is 0. The maximum absolute atomic E-state index is 13.3. The molecule has 0 heterocycles. The predicted octanol–water partition coefficient (Wildman–Crippen LogP) is 2.55. The van der Waals surface area contributed by atoms with E-state index in [0.717, 1.165) is 0 Å². The second-order valence-electron chi connectivity index (χ2n) is 11.6. The van der Waals surface area contributed by atoms with E-state index in [0.29, 0.717) is 28.7 Å². The Kier molecular flexibility index (Phi) is 7.18. The average molecular weight is 515 g/mol. The van der Waals surface area contributed by atoms with E-state index in [9.17, 15) is 30.0 Å². The van der Waals surface area contributed by atoms with Crippen LogP contribution in [0.2, 0.25) is 0 Å². The Morgan fingerprint density at radius 1 is 1.05 bits per heavy atom. The smallest absolute Gasteiger partial charge is 0.338 e. The summed E-state index contributed by atoms with van der Waals surface area (Å²) in [5.41, 5.74) is -0.658. The molecule has 8 nitrogen and oxygen atoms in total. The molecule has 3 aliphatic carbocycles. The van der Waals surface area contributed by atoms with Crippen LogP contribution in [0, 0.1) is 23.2 Å². The van der Waals surface area contributed by atoms with Crippen LogP contribution in [0.4, 0.5) is 0 Å². The van der Waals surface area contributed by atoms with Crippen molar-refractivity contribution in [2.45, 2.75) is 83.6 Å². The summed E-state index contributed by atoms with van der Waals surface area (Å²) in [6.45, 7) is 12.2. The van der Waals surface area contributed by atoms with Gasteiger partial charge in [0.15, 0.2) is 0 Å². The second-order valence-corrected chi connectivity index (χ2v) is 11.6. The van der Waals surface area contributed by atoms with Gasteiger partial charge in [-0.3, -0.25) is 4.79 Å². The molecule has 2 saturated carbocycles. The normalized spacial score (nSPS) is 37.9. The molecule has 202 valence electrons. The lowest BCUT2D eigenvalue weighted by Crippen LogP contribution is -2.59. The van der Waals surface area contributed by atoms with Crippen LogP contribution in [0.25, 0.3) is 0 Å². The summed E-state index contributed by atoms with van der Waals surface area (Å²) < 4.78 is 11.8. The van der Waals surface area contributed by atoms with Crippen molar-refractivity contribution in [1.82, 2.24) is 0 Å². The van der Waals surface area contributed by atoms with Gasteiger partial charge in [-0.25, -0.2) is 4.79 Å². The summed E-state index contributed by atoms with van der Waals surface area (Å²) in [4.78, 5) is 25.4. The van der Waals surface area contributed by atoms with Crippen molar-refractivity contribution in [3.05, 3.63) is 59.2 Å². The zero-order valence-corrected chi connectivity index (χ0v) is 22.0. The van der Waals surface area contributed by atoms with Crippen molar-refractivity contribution in [3.63, 3.8) is 0 Å². The van der Waals surface area contributed by atoms with E-state index >= 15 is 0 Å². The zero-order chi connectivity index (χ0) is 27.4. The molecule has 8 heteroatoms. The summed E-state index contributed by atoms with van der Waals surface area (Å²) in [5, 5.41) is 45.0. The third-order valence-electron chi connectivity index (χ3n) is 8.91. The van der Waals surface area contributed by atoms with Crippen LogP contribution in [0.5, 0.6) is 0 Å². The average Bonchev–Trinajstić information content (AvgIpc) is 3.02. The van der Waals surface area contributed by atoms with E-state index in [1.54, 1.807) is 58.0 Å². The van der Waals surface area contributed by atoms with Gasteiger partial charge in [-0.1, -0.05) is 31.7 Å². The molecule has 4 rings (SSSR count). The Morgan fingerprint density at radius 3 is 2.24 bits per heavy atom. The molecule has 9 atom stereocenters. The van der Waals surface area contributed by atoms with Crippen molar-refractivity contribution >= 4 is 11.9 Å². The van der Waals surface area contributed by atoms with Gasteiger partial charge in [-0.2, -0.15) is 0 Å². The Balaban J connectivity index is 1.90. The van der Waals surface area contributed by atoms with Crippen LogP contribution in [-0.2, 0) is 14.3 Å². The Bertz CT molecular complexity index is 1100. The van der Waals surface area contributed by atoms with Gasteiger partial charge in [0.1, 0.15) is 18.3 Å². The fraction of sp³-hybridized carbons (Fsp3) is 0.586. The molecule has 0 bridgehead atoms. The van der Waals surface area contributed by atoms with Gasteiger partial charge in [0.2, 0.25) is 0 Å². The topological polar surface area (TPSA) is 134 Å². The van der Waals surface area contributed by atoms with Gasteiger partial charge < -0.3 is 29.9 Å². The zero-order valence-electron chi connectivity index (χ0n) is 22.0. The lowest BCUT2D eigenvalue weighted by Gasteiger charge is -2.52. The molecule has 2 fully saturated rings. The first kappa shape index (κ1) is 27.5. The van der Waals surface area contributed by atoms with Crippen LogP contribution >= 0.6 is 0 Å². The number of hydrogen-bond acceptors (Lipinski definition) is 8. The first-order valence-electron chi connectivity index (χ1n) is 12.8. The highest BCUT2D eigenvalue weighted by atomic mass is 16.6.